The van der Waals surface area contributed by atoms with Crippen molar-refractivity contribution in [2.24, 2.45) is 0 Å². The quantitative estimate of drug-likeness (QED) is 0.770. The summed E-state index contributed by atoms with van der Waals surface area (Å²) in [5, 5.41) is 4.91. The summed E-state index contributed by atoms with van der Waals surface area (Å²) in [6.07, 6.45) is -4.78. The Balaban J connectivity index is 1.88. The Bertz CT molecular complexity index is 792. The van der Waals surface area contributed by atoms with Gasteiger partial charge in [-0.1, -0.05) is 12.1 Å². The first-order valence-electron chi connectivity index (χ1n) is 7.94. The van der Waals surface area contributed by atoms with Crippen molar-refractivity contribution < 1.29 is 32.2 Å². The Morgan fingerprint density at radius 3 is 2.33 bits per heavy atom. The van der Waals surface area contributed by atoms with Crippen LogP contribution in [0.3, 0.4) is 0 Å². The van der Waals surface area contributed by atoms with E-state index in [4.69, 9.17) is 4.74 Å². The molecule has 6 nitrogen and oxygen atoms in total. The molecular formula is C18H17F3N2O4. The Labute approximate surface area is 153 Å². The van der Waals surface area contributed by atoms with Crippen molar-refractivity contribution in [2.45, 2.75) is 13.3 Å². The number of hydrogen-bond donors (Lipinski definition) is 2. The van der Waals surface area contributed by atoms with Gasteiger partial charge in [0.15, 0.2) is 0 Å². The van der Waals surface area contributed by atoms with Gasteiger partial charge < -0.3 is 20.1 Å². The van der Waals surface area contributed by atoms with Crippen molar-refractivity contribution in [3.05, 3.63) is 54.1 Å². The zero-order valence-corrected chi connectivity index (χ0v) is 14.3. The van der Waals surface area contributed by atoms with Crippen LogP contribution in [-0.4, -0.2) is 31.3 Å². The number of anilines is 1. The van der Waals surface area contributed by atoms with Gasteiger partial charge in [-0.15, -0.1) is 13.2 Å². The second-order valence-electron chi connectivity index (χ2n) is 5.23. The second-order valence-corrected chi connectivity index (χ2v) is 5.23. The minimum Gasteiger partial charge on any atom is -0.493 e. The summed E-state index contributed by atoms with van der Waals surface area (Å²) in [5.41, 5.74) is 0.555. The average Bonchev–Trinajstić information content (AvgIpc) is 2.61. The minimum atomic E-state index is -4.78. The first-order chi connectivity index (χ1) is 12.8. The van der Waals surface area contributed by atoms with Gasteiger partial charge in [0.1, 0.15) is 11.5 Å². The highest BCUT2D eigenvalue weighted by molar-refractivity contribution is 6.00. The molecule has 0 saturated carbocycles. The third kappa shape index (κ3) is 6.53. The standard InChI is InChI=1S/C18H17F3N2O4/c1-2-26-15-6-4-3-5-14(15)17(25)22-11-16(24)23-12-7-9-13(10-8-12)27-18(19,20)21/h3-10H,2,11H2,1H3,(H,22,25)(H,23,24). The molecule has 0 aromatic heterocycles. The summed E-state index contributed by atoms with van der Waals surface area (Å²) in [7, 11) is 0. The highest BCUT2D eigenvalue weighted by atomic mass is 19.4. The van der Waals surface area contributed by atoms with E-state index in [-0.39, 0.29) is 12.2 Å². The molecule has 0 saturated heterocycles. The van der Waals surface area contributed by atoms with Crippen molar-refractivity contribution >= 4 is 17.5 Å². The molecular weight excluding hydrogens is 365 g/mol. The molecule has 0 spiro atoms. The number of carbonyl (C=O) groups is 2. The van der Waals surface area contributed by atoms with Crippen LogP contribution in [0.1, 0.15) is 17.3 Å². The molecule has 0 atom stereocenters. The summed E-state index contributed by atoms with van der Waals surface area (Å²) >= 11 is 0. The first-order valence-corrected chi connectivity index (χ1v) is 7.94. The van der Waals surface area contributed by atoms with Crippen molar-refractivity contribution in [3.8, 4) is 11.5 Å². The fourth-order valence-electron chi connectivity index (χ4n) is 2.14. The number of hydrogen-bond acceptors (Lipinski definition) is 4. The van der Waals surface area contributed by atoms with E-state index in [1.54, 1.807) is 31.2 Å². The summed E-state index contributed by atoms with van der Waals surface area (Å²) in [6, 6.07) is 11.2. The van der Waals surface area contributed by atoms with Crippen LogP contribution in [0.25, 0.3) is 0 Å². The largest absolute Gasteiger partial charge is 0.573 e. The van der Waals surface area contributed by atoms with Gasteiger partial charge in [0.2, 0.25) is 5.91 Å². The lowest BCUT2D eigenvalue weighted by Gasteiger charge is -2.11. The van der Waals surface area contributed by atoms with Gasteiger partial charge in [-0.25, -0.2) is 0 Å². The smallest absolute Gasteiger partial charge is 0.493 e. The normalized spacial score (nSPS) is 10.8. The molecule has 2 rings (SSSR count). The summed E-state index contributed by atoms with van der Waals surface area (Å²) in [6.45, 7) is 1.85. The summed E-state index contributed by atoms with van der Waals surface area (Å²) in [5.74, 6) is -1.02. The molecule has 0 aliphatic carbocycles. The zero-order valence-electron chi connectivity index (χ0n) is 14.3. The van der Waals surface area contributed by atoms with Crippen LogP contribution in [0, 0.1) is 0 Å². The molecule has 0 fully saturated rings. The number of benzene rings is 2. The number of amides is 2. The maximum atomic E-state index is 12.2. The van der Waals surface area contributed by atoms with E-state index >= 15 is 0 Å². The van der Waals surface area contributed by atoms with Crippen molar-refractivity contribution in [1.82, 2.24) is 5.32 Å². The zero-order chi connectivity index (χ0) is 19.9. The molecule has 2 amide bonds. The number of alkyl halides is 3. The minimum absolute atomic E-state index is 0.262. The highest BCUT2D eigenvalue weighted by Crippen LogP contribution is 2.24. The van der Waals surface area contributed by atoms with E-state index in [2.05, 4.69) is 15.4 Å². The number of para-hydroxylation sites is 1. The maximum absolute atomic E-state index is 12.2. The fraction of sp³-hybridized carbons (Fsp3) is 0.222. The van der Waals surface area contributed by atoms with Crippen LogP contribution < -0.4 is 20.1 Å². The van der Waals surface area contributed by atoms with Gasteiger partial charge in [-0.3, -0.25) is 9.59 Å². The number of nitrogens with one attached hydrogen (secondary N) is 2. The van der Waals surface area contributed by atoms with Crippen LogP contribution in [0.5, 0.6) is 11.5 Å². The molecule has 0 aliphatic rings. The lowest BCUT2D eigenvalue weighted by molar-refractivity contribution is -0.274. The fourth-order valence-corrected chi connectivity index (χ4v) is 2.14. The molecule has 2 aromatic carbocycles. The van der Waals surface area contributed by atoms with E-state index in [1.807, 2.05) is 0 Å². The van der Waals surface area contributed by atoms with Crippen LogP contribution in [-0.2, 0) is 4.79 Å². The molecule has 0 bridgehead atoms. The van der Waals surface area contributed by atoms with Crippen molar-refractivity contribution in [3.63, 3.8) is 0 Å². The molecule has 0 unspecified atom stereocenters. The van der Waals surface area contributed by atoms with E-state index in [0.29, 0.717) is 17.9 Å². The Hall–Kier alpha value is -3.23. The van der Waals surface area contributed by atoms with Gasteiger partial charge in [-0.2, -0.15) is 0 Å². The SMILES string of the molecule is CCOc1ccccc1C(=O)NCC(=O)Nc1ccc(OC(F)(F)F)cc1. The van der Waals surface area contributed by atoms with Crippen LogP contribution in [0.4, 0.5) is 18.9 Å². The number of carbonyl (C=O) groups excluding carboxylic acids is 2. The van der Waals surface area contributed by atoms with E-state index in [9.17, 15) is 22.8 Å². The first kappa shape index (κ1) is 20.1. The number of ether oxygens (including phenoxy) is 2. The van der Waals surface area contributed by atoms with E-state index < -0.39 is 23.9 Å². The lowest BCUT2D eigenvalue weighted by atomic mass is 10.2. The van der Waals surface area contributed by atoms with Crippen LogP contribution in [0.15, 0.2) is 48.5 Å². The van der Waals surface area contributed by atoms with Gasteiger partial charge in [-0.05, 0) is 43.3 Å². The predicted octanol–water partition coefficient (Wildman–Crippen LogP) is 3.35. The summed E-state index contributed by atoms with van der Waals surface area (Å²) < 4.78 is 45.4. The third-order valence-electron chi connectivity index (χ3n) is 3.21. The van der Waals surface area contributed by atoms with E-state index in [0.717, 1.165) is 12.1 Å². The molecule has 9 heteroatoms. The third-order valence-corrected chi connectivity index (χ3v) is 3.21. The number of rotatable bonds is 7. The molecule has 2 N–H and O–H groups in total. The monoisotopic (exact) mass is 382 g/mol. The topological polar surface area (TPSA) is 76.7 Å². The molecule has 2 aromatic rings. The van der Waals surface area contributed by atoms with Gasteiger partial charge >= 0.3 is 6.36 Å². The second kappa shape index (κ2) is 8.93. The van der Waals surface area contributed by atoms with Gasteiger partial charge in [0.25, 0.3) is 5.91 Å². The average molecular weight is 382 g/mol. The van der Waals surface area contributed by atoms with Gasteiger partial charge in [0.05, 0.1) is 18.7 Å². The van der Waals surface area contributed by atoms with Crippen molar-refractivity contribution in [1.29, 1.82) is 0 Å². The molecule has 27 heavy (non-hydrogen) atoms. The molecule has 144 valence electrons. The predicted molar refractivity (Wildman–Crippen MR) is 91.7 cm³/mol. The van der Waals surface area contributed by atoms with Crippen molar-refractivity contribution in [2.75, 3.05) is 18.5 Å². The Morgan fingerprint density at radius 2 is 1.70 bits per heavy atom. The molecule has 0 aliphatic heterocycles. The Kier molecular flexibility index (Phi) is 6.64. The van der Waals surface area contributed by atoms with Crippen LogP contribution >= 0.6 is 0 Å². The maximum Gasteiger partial charge on any atom is 0.573 e. The van der Waals surface area contributed by atoms with Crippen LogP contribution in [0.2, 0.25) is 0 Å². The molecule has 0 radical (unpaired) electrons. The number of halogens is 3. The summed E-state index contributed by atoms with van der Waals surface area (Å²) in [4.78, 5) is 24.1. The highest BCUT2D eigenvalue weighted by Gasteiger charge is 2.30. The van der Waals surface area contributed by atoms with Gasteiger partial charge in [0, 0.05) is 5.69 Å². The molecule has 0 heterocycles. The lowest BCUT2D eigenvalue weighted by Crippen LogP contribution is -2.33. The van der Waals surface area contributed by atoms with E-state index in [1.165, 1.54) is 12.1 Å². The Morgan fingerprint density at radius 1 is 1.04 bits per heavy atom.